The lowest BCUT2D eigenvalue weighted by Gasteiger charge is -2.38. The number of halogens is 2. The number of aryl methyl sites for hydroxylation is 1. The van der Waals surface area contributed by atoms with Crippen molar-refractivity contribution in [3.8, 4) is 5.75 Å². The highest BCUT2D eigenvalue weighted by molar-refractivity contribution is 5.98. The van der Waals surface area contributed by atoms with E-state index in [0.717, 1.165) is 12.1 Å². The summed E-state index contributed by atoms with van der Waals surface area (Å²) in [5.74, 6) is -0.0109. The van der Waals surface area contributed by atoms with Crippen LogP contribution in [0.25, 0.3) is 0 Å². The van der Waals surface area contributed by atoms with Gasteiger partial charge in [0.2, 0.25) is 5.91 Å². The number of rotatable bonds is 7. The van der Waals surface area contributed by atoms with Gasteiger partial charge in [-0.05, 0) is 43.0 Å². The van der Waals surface area contributed by atoms with E-state index >= 15 is 0 Å². The first-order chi connectivity index (χ1) is 13.9. The molecule has 29 heavy (non-hydrogen) atoms. The van der Waals surface area contributed by atoms with Crippen molar-refractivity contribution in [2.75, 3.05) is 18.4 Å². The average molecular weight is 403 g/mol. The third-order valence-electron chi connectivity index (χ3n) is 5.40. The molecule has 1 amide bonds. The number of hydrogen-bond donors (Lipinski definition) is 2. The molecule has 0 aromatic heterocycles. The van der Waals surface area contributed by atoms with Gasteiger partial charge in [0.15, 0.2) is 0 Å². The molecule has 1 heterocycles. The van der Waals surface area contributed by atoms with Crippen molar-refractivity contribution in [2.45, 2.75) is 44.9 Å². The molecular weight excluding hydrogens is 376 g/mol. The monoisotopic (exact) mass is 403 g/mol. The van der Waals surface area contributed by atoms with Gasteiger partial charge in [0.1, 0.15) is 5.75 Å². The second-order valence-corrected chi connectivity index (χ2v) is 7.42. The van der Waals surface area contributed by atoms with Crippen molar-refractivity contribution < 1.29 is 18.3 Å². The number of anilines is 1. The Bertz CT molecular complexity index is 819. The van der Waals surface area contributed by atoms with Crippen molar-refractivity contribution >= 4 is 11.6 Å². The average Bonchev–Trinajstić information content (AvgIpc) is 2.71. The minimum absolute atomic E-state index is 0.181. The van der Waals surface area contributed by atoms with Crippen LogP contribution in [0, 0.1) is 0 Å². The number of piperidine rings is 1. The number of carbonyl (C=O) groups excluding carboxylic acids is 1. The fourth-order valence-electron chi connectivity index (χ4n) is 3.50. The quantitative estimate of drug-likeness (QED) is 0.738. The van der Waals surface area contributed by atoms with Crippen molar-refractivity contribution in [3.63, 3.8) is 0 Å². The molecular formula is C22H27F2N3O2. The lowest BCUT2D eigenvalue weighted by Crippen LogP contribution is -2.57. The topological polar surface area (TPSA) is 67.6 Å². The molecule has 1 fully saturated rings. The van der Waals surface area contributed by atoms with E-state index < -0.39 is 12.2 Å². The molecule has 0 unspecified atom stereocenters. The van der Waals surface area contributed by atoms with E-state index in [2.05, 4.69) is 21.9 Å². The van der Waals surface area contributed by atoms with Gasteiger partial charge in [-0.1, -0.05) is 37.3 Å². The van der Waals surface area contributed by atoms with Crippen LogP contribution in [-0.4, -0.2) is 36.0 Å². The van der Waals surface area contributed by atoms with Gasteiger partial charge in [-0.15, -0.1) is 0 Å². The Morgan fingerprint density at radius 2 is 1.83 bits per heavy atom. The zero-order chi connectivity index (χ0) is 20.9. The number of para-hydroxylation sites is 1. The van der Waals surface area contributed by atoms with E-state index in [1.165, 1.54) is 11.6 Å². The van der Waals surface area contributed by atoms with Gasteiger partial charge in [0.05, 0.1) is 5.54 Å². The largest absolute Gasteiger partial charge is 0.434 e. The molecule has 1 aliphatic heterocycles. The Hall–Kier alpha value is -2.51. The van der Waals surface area contributed by atoms with E-state index in [1.807, 2.05) is 24.3 Å². The Labute approximate surface area is 169 Å². The molecule has 2 aromatic carbocycles. The van der Waals surface area contributed by atoms with E-state index in [0.29, 0.717) is 38.0 Å². The summed E-state index contributed by atoms with van der Waals surface area (Å²) in [6, 6.07) is 14.5. The van der Waals surface area contributed by atoms with E-state index in [9.17, 15) is 13.6 Å². The van der Waals surface area contributed by atoms with Crippen LogP contribution in [0.1, 0.15) is 30.9 Å². The van der Waals surface area contributed by atoms with Crippen molar-refractivity contribution in [1.82, 2.24) is 4.90 Å². The van der Waals surface area contributed by atoms with Gasteiger partial charge in [-0.3, -0.25) is 9.69 Å². The zero-order valence-corrected chi connectivity index (χ0v) is 16.5. The maximum atomic E-state index is 12.7. The van der Waals surface area contributed by atoms with Crippen LogP contribution >= 0.6 is 0 Å². The highest BCUT2D eigenvalue weighted by Gasteiger charge is 2.37. The van der Waals surface area contributed by atoms with Crippen molar-refractivity contribution in [2.24, 2.45) is 5.73 Å². The van der Waals surface area contributed by atoms with Gasteiger partial charge < -0.3 is 15.8 Å². The molecule has 156 valence electrons. The van der Waals surface area contributed by atoms with Gasteiger partial charge in [0, 0.05) is 30.9 Å². The number of ether oxygens (including phenoxy) is 1. The molecule has 3 rings (SSSR count). The van der Waals surface area contributed by atoms with Crippen LogP contribution in [0.2, 0.25) is 0 Å². The molecule has 1 aliphatic rings. The third-order valence-corrected chi connectivity index (χ3v) is 5.40. The minimum atomic E-state index is -2.86. The Kier molecular flexibility index (Phi) is 6.82. The van der Waals surface area contributed by atoms with E-state index in [4.69, 9.17) is 5.73 Å². The maximum absolute atomic E-state index is 12.7. The summed E-state index contributed by atoms with van der Waals surface area (Å²) in [5.41, 5.74) is 8.08. The molecule has 0 radical (unpaired) electrons. The summed E-state index contributed by atoms with van der Waals surface area (Å²) in [4.78, 5) is 14.8. The molecule has 0 atom stereocenters. The van der Waals surface area contributed by atoms with Crippen molar-refractivity contribution in [1.29, 1.82) is 0 Å². The Morgan fingerprint density at radius 1 is 1.17 bits per heavy atom. The van der Waals surface area contributed by atoms with Gasteiger partial charge >= 0.3 is 6.61 Å². The number of nitrogens with zero attached hydrogens (tertiary/aromatic N) is 1. The van der Waals surface area contributed by atoms with Crippen LogP contribution in [0.4, 0.5) is 14.5 Å². The number of carbonyl (C=O) groups is 1. The number of nitrogens with one attached hydrogen (secondary N) is 1. The molecule has 0 bridgehead atoms. The Morgan fingerprint density at radius 3 is 2.45 bits per heavy atom. The second-order valence-electron chi connectivity index (χ2n) is 7.42. The maximum Gasteiger partial charge on any atom is 0.387 e. The number of alkyl halides is 2. The highest BCUT2D eigenvalue weighted by Crippen LogP contribution is 2.26. The first-order valence-corrected chi connectivity index (χ1v) is 9.84. The summed E-state index contributed by atoms with van der Waals surface area (Å²) in [6.45, 7) is 0.890. The molecule has 1 saturated heterocycles. The fourth-order valence-corrected chi connectivity index (χ4v) is 3.50. The summed E-state index contributed by atoms with van der Waals surface area (Å²) < 4.78 is 29.8. The van der Waals surface area contributed by atoms with Gasteiger partial charge in [-0.25, -0.2) is 0 Å². The zero-order valence-electron chi connectivity index (χ0n) is 16.5. The molecule has 0 saturated carbocycles. The standard InChI is InChI=1S/C22H27F2N3O2/c1-2-16-7-9-18(10-8-16)26-20(28)22(25)11-13-27(14-12-22)15-17-5-3-4-6-19(17)29-21(23)24/h3-10,21H,2,11-15,25H2,1H3,(H,26,28). The van der Waals surface area contributed by atoms with Crippen LogP contribution in [0.15, 0.2) is 48.5 Å². The third kappa shape index (κ3) is 5.52. The number of likely N-dealkylation sites (tertiary alicyclic amines) is 1. The first kappa shape index (κ1) is 21.2. The molecule has 0 aliphatic carbocycles. The number of amides is 1. The molecule has 5 nitrogen and oxygen atoms in total. The van der Waals surface area contributed by atoms with Crippen LogP contribution in [0.5, 0.6) is 5.75 Å². The van der Waals surface area contributed by atoms with E-state index in [-0.39, 0.29) is 11.7 Å². The summed E-state index contributed by atoms with van der Waals surface area (Å²) >= 11 is 0. The molecule has 3 N–H and O–H groups in total. The van der Waals surface area contributed by atoms with Crippen LogP contribution in [0.3, 0.4) is 0 Å². The highest BCUT2D eigenvalue weighted by atomic mass is 19.3. The van der Waals surface area contributed by atoms with Crippen LogP contribution < -0.4 is 15.8 Å². The summed E-state index contributed by atoms with van der Waals surface area (Å²) in [5, 5.41) is 2.91. The second kappa shape index (κ2) is 9.33. The lowest BCUT2D eigenvalue weighted by atomic mass is 9.87. The number of nitrogens with two attached hydrogens (primary N) is 1. The predicted octanol–water partition coefficient (Wildman–Crippen LogP) is 3.78. The SMILES string of the molecule is CCc1ccc(NC(=O)C2(N)CCN(Cc3ccccc3OC(F)F)CC2)cc1. The molecule has 0 spiro atoms. The molecule has 2 aromatic rings. The fraction of sp³-hybridized carbons (Fsp3) is 0.409. The number of hydrogen-bond acceptors (Lipinski definition) is 4. The lowest BCUT2D eigenvalue weighted by molar-refractivity contribution is -0.122. The van der Waals surface area contributed by atoms with E-state index in [1.54, 1.807) is 18.2 Å². The Balaban J connectivity index is 1.57. The molecule has 7 heteroatoms. The smallest absolute Gasteiger partial charge is 0.387 e. The summed E-state index contributed by atoms with van der Waals surface area (Å²) in [7, 11) is 0. The van der Waals surface area contributed by atoms with Gasteiger partial charge in [-0.2, -0.15) is 8.78 Å². The normalized spacial score (nSPS) is 16.6. The van der Waals surface area contributed by atoms with Crippen molar-refractivity contribution in [3.05, 3.63) is 59.7 Å². The number of benzene rings is 2. The minimum Gasteiger partial charge on any atom is -0.434 e. The predicted molar refractivity (Wildman–Crippen MR) is 109 cm³/mol. The van der Waals surface area contributed by atoms with Crippen LogP contribution in [-0.2, 0) is 17.8 Å². The van der Waals surface area contributed by atoms with Gasteiger partial charge in [0.25, 0.3) is 0 Å². The first-order valence-electron chi connectivity index (χ1n) is 9.84. The summed E-state index contributed by atoms with van der Waals surface area (Å²) in [6.07, 6.45) is 1.92.